The lowest BCUT2D eigenvalue weighted by Crippen LogP contribution is -2.49. The third-order valence-corrected chi connectivity index (χ3v) is 6.59. The van der Waals surface area contributed by atoms with E-state index in [1.165, 1.54) is 6.07 Å². The van der Waals surface area contributed by atoms with Crippen LogP contribution in [0.1, 0.15) is 48.3 Å². The molecule has 160 valence electrons. The van der Waals surface area contributed by atoms with Crippen molar-refractivity contribution < 1.29 is 9.72 Å². The zero-order chi connectivity index (χ0) is 21.9. The van der Waals surface area contributed by atoms with Crippen LogP contribution in [-0.4, -0.2) is 38.0 Å². The lowest BCUT2D eigenvalue weighted by Gasteiger charge is -2.42. The summed E-state index contributed by atoms with van der Waals surface area (Å²) in [5.74, 6) is 0.114. The van der Waals surface area contributed by atoms with Gasteiger partial charge in [0, 0.05) is 66.0 Å². The van der Waals surface area contributed by atoms with Crippen molar-refractivity contribution in [3.8, 4) is 0 Å². The standard InChI is InChI=1S/C23H24N4O4/c1-14(2)25-8-7-16-10-17(3-4-19(16)25)22(28)24-11-15-9-18(13-24)20-5-6-21(27(30)31)23(29)26(20)12-15/h3-8,10,14-15,18H,9,11-13H2,1-2H3. The van der Waals surface area contributed by atoms with Gasteiger partial charge in [0.05, 0.1) is 4.92 Å². The average molecular weight is 420 g/mol. The molecule has 2 aliphatic heterocycles. The molecule has 5 rings (SSSR count). The fraction of sp³-hybridized carbons (Fsp3) is 0.391. The van der Waals surface area contributed by atoms with Crippen molar-refractivity contribution in [2.75, 3.05) is 13.1 Å². The highest BCUT2D eigenvalue weighted by Crippen LogP contribution is 2.36. The van der Waals surface area contributed by atoms with E-state index in [0.29, 0.717) is 31.2 Å². The number of benzene rings is 1. The van der Waals surface area contributed by atoms with E-state index in [1.807, 2.05) is 35.4 Å². The number of fused-ring (bicyclic) bond motifs is 5. The Morgan fingerprint density at radius 1 is 1.13 bits per heavy atom. The van der Waals surface area contributed by atoms with E-state index in [1.54, 1.807) is 10.6 Å². The average Bonchev–Trinajstić information content (AvgIpc) is 3.17. The van der Waals surface area contributed by atoms with Crippen molar-refractivity contribution in [2.45, 2.75) is 38.8 Å². The largest absolute Gasteiger partial charge is 0.345 e. The van der Waals surface area contributed by atoms with Crippen LogP contribution < -0.4 is 5.56 Å². The molecule has 0 spiro atoms. The number of likely N-dealkylation sites (tertiary alicyclic amines) is 1. The first-order valence-electron chi connectivity index (χ1n) is 10.6. The molecule has 1 fully saturated rings. The second-order valence-corrected chi connectivity index (χ2v) is 8.92. The van der Waals surface area contributed by atoms with Gasteiger partial charge < -0.3 is 14.0 Å². The maximum atomic E-state index is 13.3. The second kappa shape index (κ2) is 7.08. The van der Waals surface area contributed by atoms with Crippen molar-refractivity contribution in [1.82, 2.24) is 14.0 Å². The van der Waals surface area contributed by atoms with Crippen LogP contribution in [0.5, 0.6) is 0 Å². The van der Waals surface area contributed by atoms with E-state index in [9.17, 15) is 19.7 Å². The predicted octanol–water partition coefficient (Wildman–Crippen LogP) is 3.55. The monoisotopic (exact) mass is 420 g/mol. The maximum absolute atomic E-state index is 13.3. The van der Waals surface area contributed by atoms with Crippen molar-refractivity contribution in [3.05, 3.63) is 74.3 Å². The molecule has 31 heavy (non-hydrogen) atoms. The first kappa shape index (κ1) is 19.5. The zero-order valence-corrected chi connectivity index (χ0v) is 17.5. The number of rotatable bonds is 3. The van der Waals surface area contributed by atoms with Crippen LogP contribution >= 0.6 is 0 Å². The van der Waals surface area contributed by atoms with Gasteiger partial charge in [0.2, 0.25) is 0 Å². The van der Waals surface area contributed by atoms with Crippen molar-refractivity contribution in [1.29, 1.82) is 0 Å². The Hall–Kier alpha value is -3.42. The lowest BCUT2D eigenvalue weighted by molar-refractivity contribution is -0.386. The Bertz CT molecular complexity index is 1270. The minimum Gasteiger partial charge on any atom is -0.345 e. The molecule has 2 bridgehead atoms. The summed E-state index contributed by atoms with van der Waals surface area (Å²) < 4.78 is 3.72. The predicted molar refractivity (Wildman–Crippen MR) is 116 cm³/mol. The summed E-state index contributed by atoms with van der Waals surface area (Å²) in [4.78, 5) is 38.2. The Morgan fingerprint density at radius 2 is 1.94 bits per heavy atom. The number of piperidine rings is 1. The lowest BCUT2D eigenvalue weighted by atomic mass is 9.83. The van der Waals surface area contributed by atoms with Gasteiger partial charge in [-0.2, -0.15) is 0 Å². The molecular weight excluding hydrogens is 396 g/mol. The number of carbonyl (C=O) groups is 1. The highest BCUT2D eigenvalue weighted by molar-refractivity contribution is 5.98. The number of hydrogen-bond donors (Lipinski definition) is 0. The number of aromatic nitrogens is 2. The van der Waals surface area contributed by atoms with Crippen molar-refractivity contribution in [2.24, 2.45) is 5.92 Å². The highest BCUT2D eigenvalue weighted by Gasteiger charge is 2.37. The summed E-state index contributed by atoms with van der Waals surface area (Å²) in [7, 11) is 0. The molecule has 2 aliphatic rings. The normalized spacial score (nSPS) is 20.2. The van der Waals surface area contributed by atoms with Gasteiger partial charge in [-0.3, -0.25) is 19.7 Å². The van der Waals surface area contributed by atoms with Gasteiger partial charge in [-0.05, 0) is 56.5 Å². The molecule has 1 aromatic carbocycles. The van der Waals surface area contributed by atoms with Gasteiger partial charge in [-0.15, -0.1) is 0 Å². The SMILES string of the molecule is CC(C)n1ccc2cc(C(=O)N3CC4CC(C3)c3ccc([N+](=O)[O-])c(=O)n3C4)ccc21. The molecule has 2 aromatic heterocycles. The van der Waals surface area contributed by atoms with Gasteiger partial charge >= 0.3 is 11.2 Å². The Labute approximate surface area is 178 Å². The van der Waals surface area contributed by atoms with E-state index >= 15 is 0 Å². The summed E-state index contributed by atoms with van der Waals surface area (Å²) in [6.45, 7) is 5.73. The molecule has 1 saturated heterocycles. The first-order valence-corrected chi connectivity index (χ1v) is 10.6. The Kier molecular flexibility index (Phi) is 4.46. The molecule has 4 heterocycles. The Balaban J connectivity index is 1.43. The molecular formula is C23H24N4O4. The summed E-state index contributed by atoms with van der Waals surface area (Å²) in [6, 6.07) is 11.2. The van der Waals surface area contributed by atoms with E-state index < -0.39 is 16.2 Å². The van der Waals surface area contributed by atoms with Crippen LogP contribution in [0.4, 0.5) is 5.69 Å². The van der Waals surface area contributed by atoms with E-state index in [4.69, 9.17) is 0 Å². The first-order chi connectivity index (χ1) is 14.8. The highest BCUT2D eigenvalue weighted by atomic mass is 16.6. The zero-order valence-electron chi connectivity index (χ0n) is 17.5. The van der Waals surface area contributed by atoms with Crippen LogP contribution in [0.25, 0.3) is 10.9 Å². The molecule has 0 radical (unpaired) electrons. The number of nitro groups is 1. The Morgan fingerprint density at radius 3 is 2.68 bits per heavy atom. The minimum atomic E-state index is -0.626. The van der Waals surface area contributed by atoms with Gasteiger partial charge in [0.25, 0.3) is 5.91 Å². The third kappa shape index (κ3) is 3.13. The fourth-order valence-electron chi connectivity index (χ4n) is 5.17. The molecule has 3 aromatic rings. The van der Waals surface area contributed by atoms with Crippen molar-refractivity contribution in [3.63, 3.8) is 0 Å². The number of carbonyl (C=O) groups excluding carboxylic acids is 1. The fourth-order valence-corrected chi connectivity index (χ4v) is 5.17. The van der Waals surface area contributed by atoms with Crippen LogP contribution in [0.2, 0.25) is 0 Å². The molecule has 0 aliphatic carbocycles. The third-order valence-electron chi connectivity index (χ3n) is 6.59. The van der Waals surface area contributed by atoms with Crippen LogP contribution in [0, 0.1) is 16.0 Å². The van der Waals surface area contributed by atoms with Crippen molar-refractivity contribution >= 4 is 22.5 Å². The summed E-state index contributed by atoms with van der Waals surface area (Å²) in [5.41, 5.74) is 1.62. The smallest absolute Gasteiger partial charge is 0.334 e. The molecule has 2 unspecified atom stereocenters. The van der Waals surface area contributed by atoms with Crippen LogP contribution in [0.15, 0.2) is 47.4 Å². The quantitative estimate of drug-likeness (QED) is 0.479. The number of nitrogens with zero attached hydrogens (tertiary/aromatic N) is 4. The van der Waals surface area contributed by atoms with E-state index in [2.05, 4.69) is 18.4 Å². The molecule has 0 saturated carbocycles. The molecule has 2 atom stereocenters. The van der Waals surface area contributed by atoms with Gasteiger partial charge in [-0.1, -0.05) is 0 Å². The topological polar surface area (TPSA) is 90.4 Å². The maximum Gasteiger partial charge on any atom is 0.334 e. The summed E-state index contributed by atoms with van der Waals surface area (Å²) in [5, 5.41) is 12.2. The van der Waals surface area contributed by atoms with Crippen LogP contribution in [0.3, 0.4) is 0 Å². The van der Waals surface area contributed by atoms with Gasteiger partial charge in [0.1, 0.15) is 0 Å². The number of hydrogen-bond acceptors (Lipinski definition) is 4. The second-order valence-electron chi connectivity index (χ2n) is 8.92. The summed E-state index contributed by atoms with van der Waals surface area (Å²) >= 11 is 0. The molecule has 0 N–H and O–H groups in total. The van der Waals surface area contributed by atoms with Crippen LogP contribution in [-0.2, 0) is 6.54 Å². The number of pyridine rings is 1. The van der Waals surface area contributed by atoms with Gasteiger partial charge in [0.15, 0.2) is 0 Å². The molecule has 8 nitrogen and oxygen atoms in total. The van der Waals surface area contributed by atoms with E-state index in [0.717, 1.165) is 23.0 Å². The summed E-state index contributed by atoms with van der Waals surface area (Å²) in [6.07, 6.45) is 2.93. The van der Waals surface area contributed by atoms with E-state index in [-0.39, 0.29) is 17.7 Å². The van der Waals surface area contributed by atoms with Gasteiger partial charge in [-0.25, -0.2) is 0 Å². The molecule has 1 amide bonds. The molecule has 8 heteroatoms. The number of amides is 1. The minimum absolute atomic E-state index is 0.00777.